The van der Waals surface area contributed by atoms with Crippen molar-refractivity contribution in [1.29, 1.82) is 0 Å². The first-order valence-corrected chi connectivity index (χ1v) is 9.70. The fraction of sp³-hybridized carbons (Fsp3) is 0.286. The minimum absolute atomic E-state index is 0.0943. The van der Waals surface area contributed by atoms with Crippen LogP contribution in [0.2, 0.25) is 5.15 Å². The summed E-state index contributed by atoms with van der Waals surface area (Å²) in [6.45, 7) is 3.56. The third-order valence-corrected chi connectivity index (χ3v) is 4.18. The van der Waals surface area contributed by atoms with Crippen molar-refractivity contribution < 1.29 is 26.7 Å². The molecule has 0 aliphatic rings. The SMILES string of the molecule is CC(C)(C)Oc1cc(F)c(-c2c(Cl)nc(-c3ccccn3)nc2NCC(F)(F)F)c(F)c1. The average Bonchev–Trinajstić information content (AvgIpc) is 2.66. The molecule has 170 valence electrons. The van der Waals surface area contributed by atoms with Gasteiger partial charge in [-0.3, -0.25) is 4.98 Å². The third kappa shape index (κ3) is 5.82. The van der Waals surface area contributed by atoms with E-state index < -0.39 is 52.1 Å². The first-order valence-electron chi connectivity index (χ1n) is 9.32. The standard InChI is InChI=1S/C21H18ClF5N4O/c1-20(2,3)32-11-8-12(23)15(13(24)9-11)16-17(22)30-18(14-6-4-5-7-28-14)31-19(16)29-10-21(25,26)27/h4-9H,10H2,1-3H3,(H,29,30,31). The molecule has 0 radical (unpaired) electrons. The topological polar surface area (TPSA) is 59.9 Å². The summed E-state index contributed by atoms with van der Waals surface area (Å²) in [5.74, 6) is -2.91. The Balaban J connectivity index is 2.16. The van der Waals surface area contributed by atoms with Gasteiger partial charge in [-0.05, 0) is 32.9 Å². The fourth-order valence-electron chi connectivity index (χ4n) is 2.78. The van der Waals surface area contributed by atoms with Gasteiger partial charge in [-0.1, -0.05) is 17.7 Å². The van der Waals surface area contributed by atoms with Crippen LogP contribution < -0.4 is 10.1 Å². The van der Waals surface area contributed by atoms with Crippen LogP contribution in [-0.4, -0.2) is 33.3 Å². The molecule has 0 amide bonds. The first kappa shape index (κ1) is 23.6. The second kappa shape index (κ2) is 8.85. The summed E-state index contributed by atoms with van der Waals surface area (Å²) in [4.78, 5) is 12.0. The Hall–Kier alpha value is -3.01. The van der Waals surface area contributed by atoms with E-state index in [0.29, 0.717) is 0 Å². The van der Waals surface area contributed by atoms with Gasteiger partial charge in [0.1, 0.15) is 46.2 Å². The van der Waals surface area contributed by atoms with Crippen molar-refractivity contribution >= 4 is 17.4 Å². The van der Waals surface area contributed by atoms with E-state index in [1.807, 2.05) is 0 Å². The molecule has 1 aromatic carbocycles. The van der Waals surface area contributed by atoms with Crippen molar-refractivity contribution in [3.05, 3.63) is 53.3 Å². The van der Waals surface area contributed by atoms with E-state index in [4.69, 9.17) is 16.3 Å². The lowest BCUT2D eigenvalue weighted by Gasteiger charge is -2.22. The van der Waals surface area contributed by atoms with Gasteiger partial charge in [0.25, 0.3) is 0 Å². The van der Waals surface area contributed by atoms with Gasteiger partial charge in [0.05, 0.1) is 11.1 Å². The van der Waals surface area contributed by atoms with Crippen molar-refractivity contribution in [1.82, 2.24) is 15.0 Å². The van der Waals surface area contributed by atoms with Gasteiger partial charge in [-0.15, -0.1) is 0 Å². The molecule has 0 bridgehead atoms. The number of anilines is 1. The number of aromatic nitrogens is 3. The van der Waals surface area contributed by atoms with Gasteiger partial charge < -0.3 is 10.1 Å². The summed E-state index contributed by atoms with van der Waals surface area (Å²) in [6, 6.07) is 6.58. The molecule has 0 spiro atoms. The largest absolute Gasteiger partial charge is 0.488 e. The summed E-state index contributed by atoms with van der Waals surface area (Å²) in [5.41, 5.74) is -1.66. The van der Waals surface area contributed by atoms with Crippen LogP contribution in [0.25, 0.3) is 22.6 Å². The quantitative estimate of drug-likeness (QED) is 0.349. The van der Waals surface area contributed by atoms with Crippen LogP contribution in [0, 0.1) is 11.6 Å². The van der Waals surface area contributed by atoms with E-state index in [0.717, 1.165) is 12.1 Å². The van der Waals surface area contributed by atoms with Gasteiger partial charge >= 0.3 is 6.18 Å². The lowest BCUT2D eigenvalue weighted by atomic mass is 10.1. The van der Waals surface area contributed by atoms with Crippen LogP contribution in [0.1, 0.15) is 20.8 Å². The molecular weight excluding hydrogens is 455 g/mol. The summed E-state index contributed by atoms with van der Waals surface area (Å²) in [7, 11) is 0. The lowest BCUT2D eigenvalue weighted by molar-refractivity contribution is -0.115. The zero-order valence-corrected chi connectivity index (χ0v) is 17.9. The minimum atomic E-state index is -4.62. The molecular formula is C21H18ClF5N4O. The molecule has 1 N–H and O–H groups in total. The number of benzene rings is 1. The molecule has 0 aliphatic carbocycles. The molecule has 3 rings (SSSR count). The number of nitrogens with one attached hydrogen (secondary N) is 1. The molecule has 0 fully saturated rings. The van der Waals surface area contributed by atoms with Crippen molar-refractivity contribution in [3.63, 3.8) is 0 Å². The molecule has 0 aliphatic heterocycles. The Kier molecular flexibility index (Phi) is 6.54. The average molecular weight is 473 g/mol. The predicted molar refractivity (Wildman–Crippen MR) is 111 cm³/mol. The van der Waals surface area contributed by atoms with Gasteiger partial charge in [-0.2, -0.15) is 13.2 Å². The molecule has 0 saturated heterocycles. The summed E-state index contributed by atoms with van der Waals surface area (Å²) < 4.78 is 73.9. The van der Waals surface area contributed by atoms with E-state index >= 15 is 0 Å². The molecule has 11 heteroatoms. The molecule has 0 unspecified atom stereocenters. The highest BCUT2D eigenvalue weighted by Gasteiger charge is 2.30. The Morgan fingerprint density at radius 2 is 1.66 bits per heavy atom. The van der Waals surface area contributed by atoms with E-state index in [1.165, 1.54) is 12.3 Å². The smallest absolute Gasteiger partial charge is 0.405 e. The van der Waals surface area contributed by atoms with Gasteiger partial charge in [0, 0.05) is 18.3 Å². The number of alkyl halides is 3. The molecule has 3 aromatic rings. The first-order chi connectivity index (χ1) is 14.8. The summed E-state index contributed by atoms with van der Waals surface area (Å²) in [5, 5.41) is 1.61. The Morgan fingerprint density at radius 3 is 2.19 bits per heavy atom. The zero-order chi connectivity index (χ0) is 23.7. The highest BCUT2D eigenvalue weighted by molar-refractivity contribution is 6.32. The minimum Gasteiger partial charge on any atom is -0.488 e. The van der Waals surface area contributed by atoms with Crippen molar-refractivity contribution in [2.24, 2.45) is 0 Å². The maximum Gasteiger partial charge on any atom is 0.405 e. The number of hydrogen-bond acceptors (Lipinski definition) is 5. The number of pyridine rings is 1. The molecule has 2 aromatic heterocycles. The third-order valence-electron chi connectivity index (χ3n) is 3.90. The van der Waals surface area contributed by atoms with E-state index in [9.17, 15) is 22.0 Å². The highest BCUT2D eigenvalue weighted by atomic mass is 35.5. The van der Waals surface area contributed by atoms with Crippen LogP contribution in [0.4, 0.5) is 27.8 Å². The summed E-state index contributed by atoms with van der Waals surface area (Å²) in [6.07, 6.45) is -3.20. The Morgan fingerprint density at radius 1 is 1.00 bits per heavy atom. The maximum absolute atomic E-state index is 14.9. The van der Waals surface area contributed by atoms with Crippen molar-refractivity contribution in [3.8, 4) is 28.4 Å². The Bertz CT molecular complexity index is 1090. The van der Waals surface area contributed by atoms with E-state index in [2.05, 4.69) is 20.3 Å². The van der Waals surface area contributed by atoms with E-state index in [-0.39, 0.29) is 17.3 Å². The van der Waals surface area contributed by atoms with Crippen LogP contribution in [0.15, 0.2) is 36.5 Å². The molecule has 2 heterocycles. The van der Waals surface area contributed by atoms with Crippen molar-refractivity contribution in [2.75, 3.05) is 11.9 Å². The molecule has 0 saturated carbocycles. The predicted octanol–water partition coefficient (Wildman–Crippen LogP) is 6.29. The van der Waals surface area contributed by atoms with Gasteiger partial charge in [0.2, 0.25) is 0 Å². The van der Waals surface area contributed by atoms with Gasteiger partial charge in [0.15, 0.2) is 5.82 Å². The molecule has 32 heavy (non-hydrogen) atoms. The van der Waals surface area contributed by atoms with Gasteiger partial charge in [-0.25, -0.2) is 18.7 Å². The number of hydrogen-bond donors (Lipinski definition) is 1. The summed E-state index contributed by atoms with van der Waals surface area (Å²) >= 11 is 6.19. The van der Waals surface area contributed by atoms with Crippen LogP contribution in [0.3, 0.4) is 0 Å². The number of halogens is 6. The van der Waals surface area contributed by atoms with Crippen molar-refractivity contribution in [2.45, 2.75) is 32.5 Å². The maximum atomic E-state index is 14.9. The van der Waals surface area contributed by atoms with E-state index in [1.54, 1.807) is 32.9 Å². The number of ether oxygens (including phenoxy) is 1. The zero-order valence-electron chi connectivity index (χ0n) is 17.2. The van der Waals surface area contributed by atoms with Crippen LogP contribution in [-0.2, 0) is 0 Å². The second-order valence-corrected chi connectivity index (χ2v) is 8.08. The van der Waals surface area contributed by atoms with Crippen LogP contribution >= 0.6 is 11.6 Å². The van der Waals surface area contributed by atoms with Crippen LogP contribution in [0.5, 0.6) is 5.75 Å². The lowest BCUT2D eigenvalue weighted by Crippen LogP contribution is -2.23. The second-order valence-electron chi connectivity index (χ2n) is 7.72. The fourth-order valence-corrected chi connectivity index (χ4v) is 3.04. The molecule has 0 atom stereocenters. The number of nitrogens with zero attached hydrogens (tertiary/aromatic N) is 3. The number of rotatable bonds is 5. The normalized spacial score (nSPS) is 12.0. The monoisotopic (exact) mass is 472 g/mol. The Labute approximate surface area is 185 Å². The highest BCUT2D eigenvalue weighted by Crippen LogP contribution is 2.39. The molecule has 5 nitrogen and oxygen atoms in total.